The molecule has 1 amide bonds. The summed E-state index contributed by atoms with van der Waals surface area (Å²) >= 11 is 0. The second-order valence-corrected chi connectivity index (χ2v) is 11.9. The fourth-order valence-corrected chi connectivity index (χ4v) is 5.85. The summed E-state index contributed by atoms with van der Waals surface area (Å²) in [4.78, 5) is 12.3. The predicted octanol–water partition coefficient (Wildman–Crippen LogP) is 7.49. The molecule has 5 aromatic rings. The van der Waals surface area contributed by atoms with Crippen molar-refractivity contribution in [3.8, 4) is 11.5 Å². The minimum atomic E-state index is 0.0685. The molecule has 5 rings (SSSR count). The van der Waals surface area contributed by atoms with E-state index in [0.29, 0.717) is 32.5 Å². The lowest BCUT2D eigenvalue weighted by Crippen LogP contribution is -2.27. The van der Waals surface area contributed by atoms with Crippen LogP contribution in [-0.4, -0.2) is 39.3 Å². The molecule has 0 fully saturated rings. The summed E-state index contributed by atoms with van der Waals surface area (Å²) in [5, 5.41) is 15.4. The number of methoxy groups -OCH3 is 1. The highest BCUT2D eigenvalue weighted by Crippen LogP contribution is 2.29. The lowest BCUT2D eigenvalue weighted by Gasteiger charge is -2.13. The van der Waals surface area contributed by atoms with Gasteiger partial charge in [-0.3, -0.25) is 4.79 Å². The van der Waals surface area contributed by atoms with Crippen molar-refractivity contribution in [2.75, 3.05) is 33.4 Å². The molecule has 5 aromatic carbocycles. The Morgan fingerprint density at radius 2 is 1.43 bits per heavy atom. The first kappa shape index (κ1) is 33.0. The Morgan fingerprint density at radius 3 is 2.17 bits per heavy atom. The van der Waals surface area contributed by atoms with Gasteiger partial charge < -0.3 is 25.4 Å². The van der Waals surface area contributed by atoms with Crippen molar-refractivity contribution < 1.29 is 14.3 Å². The van der Waals surface area contributed by atoms with Gasteiger partial charge in [0, 0.05) is 37.7 Å². The molecule has 0 aliphatic heterocycles. The van der Waals surface area contributed by atoms with Crippen molar-refractivity contribution in [2.45, 2.75) is 52.1 Å². The van der Waals surface area contributed by atoms with Gasteiger partial charge in [-0.05, 0) is 90.5 Å². The van der Waals surface area contributed by atoms with E-state index in [0.717, 1.165) is 56.0 Å². The number of fused-ring (bicyclic) bond motifs is 2. The summed E-state index contributed by atoms with van der Waals surface area (Å²) < 4.78 is 11.5. The Kier molecular flexibility index (Phi) is 12.4. The van der Waals surface area contributed by atoms with Crippen LogP contribution < -0.4 is 25.4 Å². The summed E-state index contributed by atoms with van der Waals surface area (Å²) in [6, 6.07) is 34.1. The van der Waals surface area contributed by atoms with Crippen LogP contribution in [-0.2, 0) is 24.3 Å². The Bertz CT molecular complexity index is 1650. The molecule has 0 saturated carbocycles. The summed E-state index contributed by atoms with van der Waals surface area (Å²) in [5.74, 6) is 1.61. The second kappa shape index (κ2) is 17.3. The Hall–Kier alpha value is -4.39. The number of carbonyl (C=O) groups excluding carboxylic acids is 1. The third-order valence-corrected chi connectivity index (χ3v) is 8.36. The van der Waals surface area contributed by atoms with Crippen LogP contribution in [0.25, 0.3) is 21.5 Å². The van der Waals surface area contributed by atoms with Crippen molar-refractivity contribution in [1.82, 2.24) is 16.0 Å². The number of aryl methyl sites for hydroxylation is 2. The second-order valence-electron chi connectivity index (χ2n) is 11.9. The van der Waals surface area contributed by atoms with Crippen molar-refractivity contribution in [2.24, 2.45) is 0 Å². The predicted molar refractivity (Wildman–Crippen MR) is 190 cm³/mol. The van der Waals surface area contributed by atoms with Gasteiger partial charge in [0.25, 0.3) is 0 Å². The van der Waals surface area contributed by atoms with Crippen molar-refractivity contribution >= 4 is 27.5 Å². The van der Waals surface area contributed by atoms with Crippen LogP contribution >= 0.6 is 0 Å². The minimum Gasteiger partial charge on any atom is -0.496 e. The van der Waals surface area contributed by atoms with E-state index >= 15 is 0 Å². The molecule has 46 heavy (non-hydrogen) atoms. The fourth-order valence-electron chi connectivity index (χ4n) is 5.85. The number of hydrogen-bond donors (Lipinski definition) is 3. The average Bonchev–Trinajstić information content (AvgIpc) is 3.08. The fraction of sp³-hybridized carbons (Fsp3) is 0.325. The number of ether oxygens (including phenoxy) is 2. The molecule has 6 heteroatoms. The normalized spacial score (nSPS) is 11.2. The largest absolute Gasteiger partial charge is 0.496 e. The lowest BCUT2D eigenvalue weighted by molar-refractivity contribution is -0.121. The molecule has 0 aromatic heterocycles. The first-order valence-electron chi connectivity index (χ1n) is 16.5. The zero-order valence-corrected chi connectivity index (χ0v) is 27.2. The van der Waals surface area contributed by atoms with Crippen LogP contribution in [0.1, 0.15) is 47.9 Å². The van der Waals surface area contributed by atoms with Gasteiger partial charge in [-0.2, -0.15) is 0 Å². The van der Waals surface area contributed by atoms with E-state index in [2.05, 4.69) is 102 Å². The number of hydrogen-bond acceptors (Lipinski definition) is 5. The molecule has 0 unspecified atom stereocenters. The van der Waals surface area contributed by atoms with Gasteiger partial charge in [0.05, 0.1) is 13.7 Å². The van der Waals surface area contributed by atoms with Crippen molar-refractivity contribution in [1.29, 1.82) is 0 Å². The van der Waals surface area contributed by atoms with Crippen molar-refractivity contribution in [3.63, 3.8) is 0 Å². The molecule has 0 aliphatic carbocycles. The monoisotopic (exact) mass is 617 g/mol. The van der Waals surface area contributed by atoms with Gasteiger partial charge in [0.1, 0.15) is 11.5 Å². The van der Waals surface area contributed by atoms with E-state index < -0.39 is 0 Å². The van der Waals surface area contributed by atoms with Crippen LogP contribution in [0.2, 0.25) is 0 Å². The molecule has 6 nitrogen and oxygen atoms in total. The molecule has 240 valence electrons. The van der Waals surface area contributed by atoms with Gasteiger partial charge in [-0.1, -0.05) is 84.4 Å². The molecule has 0 heterocycles. The molecule has 0 radical (unpaired) electrons. The maximum absolute atomic E-state index is 12.3. The van der Waals surface area contributed by atoms with E-state index in [9.17, 15) is 4.79 Å². The van der Waals surface area contributed by atoms with Crippen LogP contribution in [0.4, 0.5) is 0 Å². The molecule has 0 bridgehead atoms. The Morgan fingerprint density at radius 1 is 0.717 bits per heavy atom. The average molecular weight is 618 g/mol. The Labute approximate surface area is 273 Å². The first-order chi connectivity index (χ1) is 22.6. The Balaban J connectivity index is 0.924. The van der Waals surface area contributed by atoms with Crippen molar-refractivity contribution in [3.05, 3.63) is 119 Å². The van der Waals surface area contributed by atoms with Gasteiger partial charge in [-0.25, -0.2) is 0 Å². The minimum absolute atomic E-state index is 0.0685. The van der Waals surface area contributed by atoms with Gasteiger partial charge in [-0.15, -0.1) is 0 Å². The van der Waals surface area contributed by atoms with E-state index in [-0.39, 0.29) is 5.91 Å². The summed E-state index contributed by atoms with van der Waals surface area (Å²) in [5.41, 5.74) is 5.03. The zero-order chi connectivity index (χ0) is 32.0. The SMILES string of the molecule is COc1cc(OCCCC(=O)NCCCNCCCc2c3ccccc3cc3ccccc23)ccc1CNCc1ccc(C)cc1. The molecule has 0 aliphatic rings. The van der Waals surface area contributed by atoms with Crippen LogP contribution in [0, 0.1) is 6.92 Å². The van der Waals surface area contributed by atoms with Crippen LogP contribution in [0.15, 0.2) is 97.1 Å². The topological polar surface area (TPSA) is 71.6 Å². The summed E-state index contributed by atoms with van der Waals surface area (Å²) in [7, 11) is 1.68. The highest BCUT2D eigenvalue weighted by Gasteiger charge is 2.08. The third-order valence-electron chi connectivity index (χ3n) is 8.36. The van der Waals surface area contributed by atoms with E-state index in [1.807, 2.05) is 18.2 Å². The molecule has 0 saturated heterocycles. The van der Waals surface area contributed by atoms with E-state index in [4.69, 9.17) is 9.47 Å². The van der Waals surface area contributed by atoms with Crippen LogP contribution in [0.5, 0.6) is 11.5 Å². The molecule has 3 N–H and O–H groups in total. The maximum atomic E-state index is 12.3. The standard InChI is InChI=1S/C40H47N3O3/c1-30-16-18-31(19-17-30)28-42-29-34-20-21-35(27-39(34)45-2)46-25-8-15-40(44)43-24-9-23-41-22-7-14-38-36-12-5-3-10-32(36)26-33-11-4-6-13-37(33)38/h3-6,10-13,16-21,26-27,41-42H,7-9,14-15,22-25,28-29H2,1-2H3,(H,43,44). The summed E-state index contributed by atoms with van der Waals surface area (Å²) in [6.45, 7) is 6.60. The summed E-state index contributed by atoms with van der Waals surface area (Å²) in [6.07, 6.45) is 4.13. The number of amides is 1. The van der Waals surface area contributed by atoms with Gasteiger partial charge in [0.2, 0.25) is 5.91 Å². The number of rotatable bonds is 18. The molecule has 0 spiro atoms. The highest BCUT2D eigenvalue weighted by atomic mass is 16.5. The smallest absolute Gasteiger partial charge is 0.220 e. The third kappa shape index (κ3) is 9.56. The molecular formula is C40H47N3O3. The van der Waals surface area contributed by atoms with Gasteiger partial charge in [0.15, 0.2) is 0 Å². The number of benzene rings is 5. The lowest BCUT2D eigenvalue weighted by atomic mass is 9.94. The number of carbonyl (C=O) groups is 1. The molecule has 0 atom stereocenters. The molecular weight excluding hydrogens is 570 g/mol. The highest BCUT2D eigenvalue weighted by molar-refractivity contribution is 6.02. The van der Waals surface area contributed by atoms with E-state index in [1.165, 1.54) is 38.2 Å². The number of nitrogens with one attached hydrogen (secondary N) is 3. The maximum Gasteiger partial charge on any atom is 0.220 e. The van der Waals surface area contributed by atoms with E-state index in [1.54, 1.807) is 7.11 Å². The quantitative estimate of drug-likeness (QED) is 0.0702. The van der Waals surface area contributed by atoms with Gasteiger partial charge >= 0.3 is 0 Å². The zero-order valence-electron chi connectivity index (χ0n) is 27.2. The van der Waals surface area contributed by atoms with Crippen LogP contribution in [0.3, 0.4) is 0 Å². The first-order valence-corrected chi connectivity index (χ1v) is 16.5.